The fraction of sp³-hybridized carbons (Fsp3) is 0.190. The maximum Gasteiger partial charge on any atom is 0.126 e. The Balaban J connectivity index is 2.43. The lowest BCUT2D eigenvalue weighted by Gasteiger charge is -2.20. The molecule has 0 amide bonds. The number of para-hydroxylation sites is 2. The number of hydrogen-bond donors (Lipinski definition) is 0. The van der Waals surface area contributed by atoms with Crippen LogP contribution in [0.2, 0.25) is 0 Å². The molecular formula is C21H20BrNO2. The van der Waals surface area contributed by atoms with E-state index >= 15 is 0 Å². The molecule has 0 aliphatic heterocycles. The van der Waals surface area contributed by atoms with E-state index in [-0.39, 0.29) is 0 Å². The molecule has 1 heterocycles. The summed E-state index contributed by atoms with van der Waals surface area (Å²) in [6, 6.07) is 16.0. The van der Waals surface area contributed by atoms with Crippen molar-refractivity contribution in [2.45, 2.75) is 13.8 Å². The van der Waals surface area contributed by atoms with E-state index in [0.717, 1.165) is 49.6 Å². The second-order valence-electron chi connectivity index (χ2n) is 5.75. The van der Waals surface area contributed by atoms with Crippen LogP contribution in [0.15, 0.2) is 53.0 Å². The predicted molar refractivity (Wildman–Crippen MR) is 105 cm³/mol. The molecule has 128 valence electrons. The van der Waals surface area contributed by atoms with Crippen LogP contribution in [-0.4, -0.2) is 19.2 Å². The van der Waals surface area contributed by atoms with Gasteiger partial charge in [0, 0.05) is 32.4 Å². The first kappa shape index (κ1) is 17.5. The highest BCUT2D eigenvalue weighted by Gasteiger charge is 2.21. The molecule has 3 nitrogen and oxygen atoms in total. The van der Waals surface area contributed by atoms with E-state index in [0.29, 0.717) is 0 Å². The molecule has 4 heteroatoms. The van der Waals surface area contributed by atoms with E-state index in [4.69, 9.17) is 14.5 Å². The molecule has 3 rings (SSSR count). The Morgan fingerprint density at radius 2 is 1.20 bits per heavy atom. The van der Waals surface area contributed by atoms with Gasteiger partial charge in [-0.1, -0.05) is 36.4 Å². The standard InChI is InChI=1S/C21H20BrNO2/c1-13-19(15-9-5-7-11-17(15)24-3)20(21(22)14(2)23-13)16-10-6-8-12-18(16)25-4/h5-12H,1-4H3. The molecule has 2 aromatic carbocycles. The number of pyridine rings is 1. The van der Waals surface area contributed by atoms with Crippen LogP contribution in [0.4, 0.5) is 0 Å². The molecule has 0 radical (unpaired) electrons. The molecule has 0 fully saturated rings. The van der Waals surface area contributed by atoms with Gasteiger partial charge in [-0.05, 0) is 41.9 Å². The van der Waals surface area contributed by atoms with E-state index in [9.17, 15) is 0 Å². The summed E-state index contributed by atoms with van der Waals surface area (Å²) < 4.78 is 12.2. The van der Waals surface area contributed by atoms with Gasteiger partial charge in [0.25, 0.3) is 0 Å². The van der Waals surface area contributed by atoms with Crippen molar-refractivity contribution < 1.29 is 9.47 Å². The fourth-order valence-electron chi connectivity index (χ4n) is 3.11. The minimum atomic E-state index is 0.819. The van der Waals surface area contributed by atoms with Crippen LogP contribution in [0.5, 0.6) is 11.5 Å². The lowest BCUT2D eigenvalue weighted by Crippen LogP contribution is -2.00. The zero-order valence-corrected chi connectivity index (χ0v) is 16.3. The van der Waals surface area contributed by atoms with Gasteiger partial charge in [0.1, 0.15) is 11.5 Å². The van der Waals surface area contributed by atoms with Crippen LogP contribution in [0.1, 0.15) is 11.4 Å². The third kappa shape index (κ3) is 3.14. The minimum absolute atomic E-state index is 0.819. The first-order valence-corrected chi connectivity index (χ1v) is 8.81. The molecule has 0 saturated heterocycles. The Morgan fingerprint density at radius 3 is 1.72 bits per heavy atom. The van der Waals surface area contributed by atoms with Crippen molar-refractivity contribution >= 4 is 15.9 Å². The molecule has 1 aromatic heterocycles. The lowest BCUT2D eigenvalue weighted by atomic mass is 9.92. The maximum absolute atomic E-state index is 5.61. The third-order valence-corrected chi connectivity index (χ3v) is 5.21. The number of halogens is 1. The van der Waals surface area contributed by atoms with E-state index in [2.05, 4.69) is 28.1 Å². The average Bonchev–Trinajstić information content (AvgIpc) is 2.64. The molecule has 0 N–H and O–H groups in total. The summed E-state index contributed by atoms with van der Waals surface area (Å²) in [6.07, 6.45) is 0. The van der Waals surface area contributed by atoms with Crippen LogP contribution in [0.3, 0.4) is 0 Å². The quantitative estimate of drug-likeness (QED) is 0.556. The summed E-state index contributed by atoms with van der Waals surface area (Å²) in [7, 11) is 3.38. The van der Waals surface area contributed by atoms with Gasteiger partial charge in [-0.3, -0.25) is 4.98 Å². The van der Waals surface area contributed by atoms with Gasteiger partial charge >= 0.3 is 0 Å². The minimum Gasteiger partial charge on any atom is -0.496 e. The highest BCUT2D eigenvalue weighted by atomic mass is 79.9. The molecule has 0 spiro atoms. The number of benzene rings is 2. The molecule has 0 atom stereocenters. The SMILES string of the molecule is COc1ccccc1-c1c(C)nc(C)c(Br)c1-c1ccccc1OC. The highest BCUT2D eigenvalue weighted by Crippen LogP contribution is 2.46. The Hall–Kier alpha value is -2.33. The van der Waals surface area contributed by atoms with Crippen LogP contribution >= 0.6 is 15.9 Å². The largest absolute Gasteiger partial charge is 0.496 e. The molecule has 0 unspecified atom stereocenters. The monoisotopic (exact) mass is 397 g/mol. The second-order valence-corrected chi connectivity index (χ2v) is 6.54. The zero-order chi connectivity index (χ0) is 18.0. The van der Waals surface area contributed by atoms with Gasteiger partial charge in [0.15, 0.2) is 0 Å². The van der Waals surface area contributed by atoms with Gasteiger partial charge in [-0.25, -0.2) is 0 Å². The predicted octanol–water partition coefficient (Wildman–Crippen LogP) is 5.81. The van der Waals surface area contributed by atoms with Crippen molar-refractivity contribution in [3.63, 3.8) is 0 Å². The first-order chi connectivity index (χ1) is 12.1. The Morgan fingerprint density at radius 1 is 0.720 bits per heavy atom. The van der Waals surface area contributed by atoms with Gasteiger partial charge < -0.3 is 9.47 Å². The number of rotatable bonds is 4. The van der Waals surface area contributed by atoms with Crippen molar-refractivity contribution in [2.75, 3.05) is 14.2 Å². The van der Waals surface area contributed by atoms with Crippen molar-refractivity contribution in [3.05, 3.63) is 64.4 Å². The van der Waals surface area contributed by atoms with Crippen LogP contribution < -0.4 is 9.47 Å². The van der Waals surface area contributed by atoms with Gasteiger partial charge in [0.05, 0.1) is 19.9 Å². The summed E-state index contributed by atoms with van der Waals surface area (Å²) in [4.78, 5) is 4.72. The molecule has 0 bridgehead atoms. The Labute approximate surface area is 156 Å². The van der Waals surface area contributed by atoms with E-state index < -0.39 is 0 Å². The van der Waals surface area contributed by atoms with Gasteiger partial charge in [0.2, 0.25) is 0 Å². The van der Waals surface area contributed by atoms with Crippen molar-refractivity contribution in [1.29, 1.82) is 0 Å². The normalized spacial score (nSPS) is 10.6. The molecule has 0 aliphatic rings. The van der Waals surface area contributed by atoms with Crippen molar-refractivity contribution in [2.24, 2.45) is 0 Å². The van der Waals surface area contributed by atoms with Crippen molar-refractivity contribution in [1.82, 2.24) is 4.98 Å². The summed E-state index contributed by atoms with van der Waals surface area (Å²) in [5.41, 5.74) is 6.03. The van der Waals surface area contributed by atoms with E-state index in [1.165, 1.54) is 0 Å². The number of hydrogen-bond acceptors (Lipinski definition) is 3. The Kier molecular flexibility index (Phi) is 5.09. The number of methoxy groups -OCH3 is 2. The summed E-state index contributed by atoms with van der Waals surface area (Å²) >= 11 is 3.75. The Bertz CT molecular complexity index is 922. The lowest BCUT2D eigenvalue weighted by molar-refractivity contribution is 0.415. The second kappa shape index (κ2) is 7.28. The molecule has 0 saturated carbocycles. The molecule has 3 aromatic rings. The zero-order valence-electron chi connectivity index (χ0n) is 14.8. The molecule has 0 aliphatic carbocycles. The fourth-order valence-corrected chi connectivity index (χ4v) is 3.61. The van der Waals surface area contributed by atoms with Crippen LogP contribution in [0.25, 0.3) is 22.3 Å². The molecule has 25 heavy (non-hydrogen) atoms. The average molecular weight is 398 g/mol. The van der Waals surface area contributed by atoms with Gasteiger partial charge in [-0.15, -0.1) is 0 Å². The van der Waals surface area contributed by atoms with Crippen LogP contribution in [-0.2, 0) is 0 Å². The topological polar surface area (TPSA) is 31.4 Å². The maximum atomic E-state index is 5.61. The summed E-state index contributed by atoms with van der Waals surface area (Å²) in [5.74, 6) is 1.64. The summed E-state index contributed by atoms with van der Waals surface area (Å²) in [5, 5.41) is 0. The van der Waals surface area contributed by atoms with E-state index in [1.54, 1.807) is 14.2 Å². The number of aromatic nitrogens is 1. The highest BCUT2D eigenvalue weighted by molar-refractivity contribution is 9.10. The number of nitrogens with zero attached hydrogens (tertiary/aromatic N) is 1. The first-order valence-electron chi connectivity index (χ1n) is 8.02. The van der Waals surface area contributed by atoms with E-state index in [1.807, 2.05) is 50.2 Å². The number of ether oxygens (including phenoxy) is 2. The smallest absolute Gasteiger partial charge is 0.126 e. The third-order valence-electron chi connectivity index (χ3n) is 4.24. The van der Waals surface area contributed by atoms with Gasteiger partial charge in [-0.2, -0.15) is 0 Å². The van der Waals surface area contributed by atoms with Crippen LogP contribution in [0, 0.1) is 13.8 Å². The summed E-state index contributed by atoms with van der Waals surface area (Å²) in [6.45, 7) is 4.03. The van der Waals surface area contributed by atoms with Crippen molar-refractivity contribution in [3.8, 4) is 33.8 Å². The number of aryl methyl sites for hydroxylation is 2. The molecular weight excluding hydrogens is 378 g/mol.